The summed E-state index contributed by atoms with van der Waals surface area (Å²) < 4.78 is 6.03. The maximum absolute atomic E-state index is 6.03. The van der Waals surface area contributed by atoms with Crippen LogP contribution in [0.2, 0.25) is 0 Å². The van der Waals surface area contributed by atoms with E-state index in [4.69, 9.17) is 4.74 Å². The van der Waals surface area contributed by atoms with Crippen LogP contribution in [0.1, 0.15) is 52.1 Å². The van der Waals surface area contributed by atoms with Gasteiger partial charge in [0.15, 0.2) is 0 Å². The van der Waals surface area contributed by atoms with Crippen LogP contribution in [0.4, 0.5) is 0 Å². The van der Waals surface area contributed by atoms with E-state index in [0.29, 0.717) is 0 Å². The molecule has 0 aromatic heterocycles. The van der Waals surface area contributed by atoms with Crippen molar-refractivity contribution in [1.29, 1.82) is 0 Å². The lowest BCUT2D eigenvalue weighted by atomic mass is 10.1. The van der Waals surface area contributed by atoms with Gasteiger partial charge in [0, 0.05) is 0 Å². The van der Waals surface area contributed by atoms with Gasteiger partial charge in [0.25, 0.3) is 0 Å². The molecule has 0 heterocycles. The number of hydrogen-bond donors (Lipinski definition) is 1. The minimum Gasteiger partial charge on any atom is -0.374 e. The highest BCUT2D eigenvalue weighted by atomic mass is 16.5. The second-order valence-electron chi connectivity index (χ2n) is 5.34. The summed E-state index contributed by atoms with van der Waals surface area (Å²) in [6.07, 6.45) is 2.17. The highest BCUT2D eigenvalue weighted by Crippen LogP contribution is 2.19. The fourth-order valence-corrected chi connectivity index (χ4v) is 1.69. The summed E-state index contributed by atoms with van der Waals surface area (Å²) in [6, 6.07) is 10.8. The highest BCUT2D eigenvalue weighted by molar-refractivity contribution is 5.18. The van der Waals surface area contributed by atoms with E-state index in [1.165, 1.54) is 5.56 Å². The molecule has 1 N–H and O–H groups in total. The first-order chi connectivity index (χ1) is 8.59. The van der Waals surface area contributed by atoms with Crippen LogP contribution in [0.25, 0.3) is 0 Å². The minimum absolute atomic E-state index is 0.0407. The molecule has 0 fully saturated rings. The normalized spacial score (nSPS) is 13.6. The predicted octanol–water partition coefficient (Wildman–Crippen LogP) is 3.93. The second kappa shape index (κ2) is 7.55. The lowest BCUT2D eigenvalue weighted by molar-refractivity contribution is -0.0307. The SMILES string of the molecule is CCCNC(COC(C)(C)CC)c1ccccc1. The van der Waals surface area contributed by atoms with Gasteiger partial charge in [0.1, 0.15) is 0 Å². The Labute approximate surface area is 112 Å². The predicted molar refractivity (Wildman–Crippen MR) is 77.8 cm³/mol. The van der Waals surface area contributed by atoms with Crippen molar-refractivity contribution in [2.24, 2.45) is 0 Å². The van der Waals surface area contributed by atoms with Crippen molar-refractivity contribution in [3.63, 3.8) is 0 Å². The summed E-state index contributed by atoms with van der Waals surface area (Å²) in [7, 11) is 0. The third-order valence-electron chi connectivity index (χ3n) is 3.33. The number of nitrogens with one attached hydrogen (secondary N) is 1. The van der Waals surface area contributed by atoms with Crippen molar-refractivity contribution >= 4 is 0 Å². The summed E-state index contributed by atoms with van der Waals surface area (Å²) in [4.78, 5) is 0. The quantitative estimate of drug-likeness (QED) is 0.753. The molecule has 0 aliphatic rings. The van der Waals surface area contributed by atoms with E-state index >= 15 is 0 Å². The van der Waals surface area contributed by atoms with Crippen LogP contribution < -0.4 is 5.32 Å². The third kappa shape index (κ3) is 5.19. The fourth-order valence-electron chi connectivity index (χ4n) is 1.69. The molecule has 0 radical (unpaired) electrons. The highest BCUT2D eigenvalue weighted by Gasteiger charge is 2.19. The summed E-state index contributed by atoms with van der Waals surface area (Å²) >= 11 is 0. The van der Waals surface area contributed by atoms with Crippen molar-refractivity contribution in [3.8, 4) is 0 Å². The van der Waals surface area contributed by atoms with Crippen LogP contribution >= 0.6 is 0 Å². The number of rotatable bonds is 8. The molecule has 0 bridgehead atoms. The first-order valence-electron chi connectivity index (χ1n) is 7.01. The van der Waals surface area contributed by atoms with Crippen LogP contribution in [0.5, 0.6) is 0 Å². The van der Waals surface area contributed by atoms with Crippen molar-refractivity contribution < 1.29 is 4.74 Å². The minimum atomic E-state index is -0.0407. The standard InChI is InChI=1S/C16H27NO/c1-5-12-17-15(13-18-16(3,4)6-2)14-10-8-7-9-11-14/h7-11,15,17H,5-6,12-13H2,1-4H3. The maximum Gasteiger partial charge on any atom is 0.0668 e. The van der Waals surface area contributed by atoms with Gasteiger partial charge < -0.3 is 10.1 Å². The summed E-state index contributed by atoms with van der Waals surface area (Å²) in [5.41, 5.74) is 1.26. The van der Waals surface area contributed by atoms with E-state index < -0.39 is 0 Å². The third-order valence-corrected chi connectivity index (χ3v) is 3.33. The molecule has 0 aliphatic heterocycles. The zero-order valence-electron chi connectivity index (χ0n) is 12.2. The van der Waals surface area contributed by atoms with Crippen LogP contribution in [0.15, 0.2) is 30.3 Å². The van der Waals surface area contributed by atoms with Gasteiger partial charge in [-0.1, -0.05) is 44.2 Å². The summed E-state index contributed by atoms with van der Waals surface area (Å²) in [5, 5.41) is 3.56. The fraction of sp³-hybridized carbons (Fsp3) is 0.625. The zero-order valence-corrected chi connectivity index (χ0v) is 12.2. The van der Waals surface area contributed by atoms with Gasteiger partial charge in [0.05, 0.1) is 18.2 Å². The van der Waals surface area contributed by atoms with Crippen LogP contribution in [0, 0.1) is 0 Å². The smallest absolute Gasteiger partial charge is 0.0668 e. The summed E-state index contributed by atoms with van der Waals surface area (Å²) in [6.45, 7) is 10.4. The Bertz CT molecular complexity index is 321. The Morgan fingerprint density at radius 1 is 1.17 bits per heavy atom. The molecule has 1 atom stereocenters. The van der Waals surface area contributed by atoms with Crippen molar-refractivity contribution in [3.05, 3.63) is 35.9 Å². The molecule has 0 amide bonds. The molecule has 1 unspecified atom stereocenters. The Kier molecular flexibility index (Phi) is 6.37. The molecular weight excluding hydrogens is 222 g/mol. The van der Waals surface area contributed by atoms with Crippen molar-refractivity contribution in [1.82, 2.24) is 5.32 Å². The summed E-state index contributed by atoms with van der Waals surface area (Å²) in [5.74, 6) is 0. The van der Waals surface area contributed by atoms with Gasteiger partial charge >= 0.3 is 0 Å². The molecule has 102 valence electrons. The molecule has 2 nitrogen and oxygen atoms in total. The molecule has 1 aromatic carbocycles. The van der Waals surface area contributed by atoms with Crippen molar-refractivity contribution in [2.75, 3.05) is 13.2 Å². The lowest BCUT2D eigenvalue weighted by Gasteiger charge is -2.27. The van der Waals surface area contributed by atoms with E-state index in [9.17, 15) is 0 Å². The second-order valence-corrected chi connectivity index (χ2v) is 5.34. The largest absolute Gasteiger partial charge is 0.374 e. The average Bonchev–Trinajstić information content (AvgIpc) is 2.40. The molecule has 0 aliphatic carbocycles. The molecule has 1 rings (SSSR count). The van der Waals surface area contributed by atoms with Gasteiger partial charge in [-0.05, 0) is 38.8 Å². The lowest BCUT2D eigenvalue weighted by Crippen LogP contribution is -2.32. The molecule has 1 aromatic rings. The first-order valence-corrected chi connectivity index (χ1v) is 7.01. The topological polar surface area (TPSA) is 21.3 Å². The van der Waals surface area contributed by atoms with Gasteiger partial charge in [-0.2, -0.15) is 0 Å². The molecule has 0 spiro atoms. The van der Waals surface area contributed by atoms with E-state index in [0.717, 1.165) is 26.0 Å². The van der Waals surface area contributed by atoms with E-state index in [1.807, 2.05) is 0 Å². The monoisotopic (exact) mass is 249 g/mol. The molecule has 2 heteroatoms. The van der Waals surface area contributed by atoms with Gasteiger partial charge in [0.2, 0.25) is 0 Å². The van der Waals surface area contributed by atoms with Crippen LogP contribution in [0.3, 0.4) is 0 Å². The van der Waals surface area contributed by atoms with Crippen LogP contribution in [-0.2, 0) is 4.74 Å². The van der Waals surface area contributed by atoms with Crippen molar-refractivity contribution in [2.45, 2.75) is 52.2 Å². The Morgan fingerprint density at radius 2 is 1.83 bits per heavy atom. The number of hydrogen-bond acceptors (Lipinski definition) is 2. The Morgan fingerprint density at radius 3 is 2.39 bits per heavy atom. The maximum atomic E-state index is 6.03. The van der Waals surface area contributed by atoms with Gasteiger partial charge in [-0.15, -0.1) is 0 Å². The molecular formula is C16H27NO. The van der Waals surface area contributed by atoms with E-state index in [1.54, 1.807) is 0 Å². The van der Waals surface area contributed by atoms with Crippen LogP contribution in [-0.4, -0.2) is 18.8 Å². The van der Waals surface area contributed by atoms with E-state index in [-0.39, 0.29) is 11.6 Å². The number of benzene rings is 1. The average molecular weight is 249 g/mol. The van der Waals surface area contributed by atoms with Gasteiger partial charge in [-0.3, -0.25) is 0 Å². The van der Waals surface area contributed by atoms with E-state index in [2.05, 4.69) is 63.3 Å². The Balaban J connectivity index is 2.62. The van der Waals surface area contributed by atoms with Gasteiger partial charge in [-0.25, -0.2) is 0 Å². The Hall–Kier alpha value is -0.860. The number of ether oxygens (including phenoxy) is 1. The molecule has 0 saturated heterocycles. The first kappa shape index (κ1) is 15.2. The molecule has 18 heavy (non-hydrogen) atoms. The zero-order chi connectivity index (χ0) is 13.4. The molecule has 0 saturated carbocycles.